The van der Waals surface area contributed by atoms with E-state index in [1.807, 2.05) is 0 Å². The first kappa shape index (κ1) is 13.0. The van der Waals surface area contributed by atoms with Crippen LogP contribution in [0.25, 0.3) is 0 Å². The smallest absolute Gasteiger partial charge is 0.358 e. The van der Waals surface area contributed by atoms with Gasteiger partial charge in [-0.05, 0) is 25.7 Å². The molecular formula is C12H18N2O4. The second-order valence-corrected chi connectivity index (χ2v) is 4.60. The molecule has 1 atom stereocenters. The molecule has 1 aliphatic heterocycles. The molecule has 1 saturated heterocycles. The Labute approximate surface area is 105 Å². The molecule has 0 aromatic carbocycles. The van der Waals surface area contributed by atoms with E-state index >= 15 is 0 Å². The molecule has 0 saturated carbocycles. The van der Waals surface area contributed by atoms with Crippen LogP contribution in [-0.2, 0) is 11.3 Å². The van der Waals surface area contributed by atoms with Crippen LogP contribution in [-0.4, -0.2) is 35.5 Å². The molecule has 6 heteroatoms. The summed E-state index contributed by atoms with van der Waals surface area (Å²) in [6.07, 6.45) is 2.12. The Morgan fingerprint density at radius 1 is 1.61 bits per heavy atom. The molecule has 1 aliphatic rings. The maximum atomic E-state index is 10.6. The van der Waals surface area contributed by atoms with Crippen LogP contribution in [0.5, 0.6) is 0 Å². The molecule has 1 aromatic heterocycles. The molecule has 6 nitrogen and oxygen atoms in total. The van der Waals surface area contributed by atoms with Gasteiger partial charge in [-0.15, -0.1) is 0 Å². The minimum atomic E-state index is -1.07. The molecule has 1 unspecified atom stereocenters. The molecule has 0 amide bonds. The predicted molar refractivity (Wildman–Crippen MR) is 63.3 cm³/mol. The van der Waals surface area contributed by atoms with Gasteiger partial charge in [0.2, 0.25) is 0 Å². The Kier molecular flexibility index (Phi) is 4.33. The number of nitrogens with zero attached hydrogens (tertiary/aromatic N) is 1. The number of ether oxygens (including phenoxy) is 1. The van der Waals surface area contributed by atoms with Crippen LogP contribution in [0.3, 0.4) is 0 Å². The van der Waals surface area contributed by atoms with Gasteiger partial charge in [-0.1, -0.05) is 5.16 Å². The van der Waals surface area contributed by atoms with Gasteiger partial charge in [0.25, 0.3) is 0 Å². The van der Waals surface area contributed by atoms with E-state index in [9.17, 15) is 4.79 Å². The lowest BCUT2D eigenvalue weighted by molar-refractivity contribution is 0.0555. The van der Waals surface area contributed by atoms with Crippen molar-refractivity contribution in [2.75, 3.05) is 13.2 Å². The van der Waals surface area contributed by atoms with E-state index in [4.69, 9.17) is 14.4 Å². The zero-order valence-corrected chi connectivity index (χ0v) is 10.4. The molecule has 2 rings (SSSR count). The summed E-state index contributed by atoms with van der Waals surface area (Å²) in [7, 11) is 0. The minimum absolute atomic E-state index is 0.0504. The summed E-state index contributed by atoms with van der Waals surface area (Å²) in [5, 5.41) is 15.5. The van der Waals surface area contributed by atoms with Gasteiger partial charge in [0.15, 0.2) is 11.5 Å². The monoisotopic (exact) mass is 254 g/mol. The first-order chi connectivity index (χ1) is 8.66. The van der Waals surface area contributed by atoms with Gasteiger partial charge in [0, 0.05) is 25.3 Å². The Balaban J connectivity index is 1.80. The van der Waals surface area contributed by atoms with Crippen molar-refractivity contribution < 1.29 is 19.2 Å². The Morgan fingerprint density at radius 2 is 2.33 bits per heavy atom. The van der Waals surface area contributed by atoms with Gasteiger partial charge >= 0.3 is 5.97 Å². The highest BCUT2D eigenvalue weighted by Crippen LogP contribution is 2.18. The lowest BCUT2D eigenvalue weighted by atomic mass is 9.93. The van der Waals surface area contributed by atoms with Crippen LogP contribution < -0.4 is 5.32 Å². The van der Waals surface area contributed by atoms with Gasteiger partial charge in [-0.2, -0.15) is 0 Å². The van der Waals surface area contributed by atoms with E-state index in [0.717, 1.165) is 26.1 Å². The zero-order chi connectivity index (χ0) is 13.0. The lowest BCUT2D eigenvalue weighted by Gasteiger charge is -2.28. The van der Waals surface area contributed by atoms with Crippen LogP contribution in [0, 0.1) is 5.92 Å². The summed E-state index contributed by atoms with van der Waals surface area (Å²) in [4.78, 5) is 10.6. The van der Waals surface area contributed by atoms with E-state index < -0.39 is 5.97 Å². The van der Waals surface area contributed by atoms with Crippen LogP contribution in [0.1, 0.15) is 36.0 Å². The van der Waals surface area contributed by atoms with Crippen molar-refractivity contribution in [1.82, 2.24) is 10.5 Å². The van der Waals surface area contributed by atoms with E-state index in [1.54, 1.807) is 0 Å². The van der Waals surface area contributed by atoms with Gasteiger partial charge in [0.1, 0.15) is 0 Å². The highest BCUT2D eigenvalue weighted by atomic mass is 16.5. The molecule has 2 N–H and O–H groups in total. The number of hydrogen-bond acceptors (Lipinski definition) is 5. The molecule has 18 heavy (non-hydrogen) atoms. The number of hydrogen-bond donors (Lipinski definition) is 2. The van der Waals surface area contributed by atoms with Crippen LogP contribution in [0.4, 0.5) is 0 Å². The molecule has 1 fully saturated rings. The fraction of sp³-hybridized carbons (Fsp3) is 0.667. The van der Waals surface area contributed by atoms with Crippen molar-refractivity contribution in [3.05, 3.63) is 17.5 Å². The number of rotatable bonds is 5. The fourth-order valence-electron chi connectivity index (χ4n) is 2.14. The van der Waals surface area contributed by atoms with Gasteiger partial charge in [-0.3, -0.25) is 0 Å². The summed E-state index contributed by atoms with van der Waals surface area (Å²) in [6.45, 7) is 4.27. The largest absolute Gasteiger partial charge is 0.476 e. The van der Waals surface area contributed by atoms with Crippen molar-refractivity contribution in [2.24, 2.45) is 5.92 Å². The number of carbonyl (C=O) groups is 1. The summed E-state index contributed by atoms with van der Waals surface area (Å²) in [5.74, 6) is 0.0782. The van der Waals surface area contributed by atoms with E-state index in [2.05, 4.69) is 17.4 Å². The summed E-state index contributed by atoms with van der Waals surface area (Å²) in [6, 6.07) is 1.80. The molecule has 1 aromatic rings. The number of aromatic nitrogens is 1. The third-order valence-corrected chi connectivity index (χ3v) is 3.35. The molecule has 0 bridgehead atoms. The summed E-state index contributed by atoms with van der Waals surface area (Å²) >= 11 is 0. The topological polar surface area (TPSA) is 84.6 Å². The first-order valence-corrected chi connectivity index (χ1v) is 6.17. The summed E-state index contributed by atoms with van der Waals surface area (Å²) < 4.78 is 10.3. The van der Waals surface area contributed by atoms with E-state index in [-0.39, 0.29) is 5.69 Å². The first-order valence-electron chi connectivity index (χ1n) is 6.17. The molecular weight excluding hydrogens is 236 g/mol. The fourth-order valence-corrected chi connectivity index (χ4v) is 2.14. The van der Waals surface area contributed by atoms with Crippen molar-refractivity contribution >= 4 is 5.97 Å². The second kappa shape index (κ2) is 5.97. The molecule has 100 valence electrons. The predicted octanol–water partition coefficient (Wildman–Crippen LogP) is 1.28. The van der Waals surface area contributed by atoms with Gasteiger partial charge in [0.05, 0.1) is 6.54 Å². The average molecular weight is 254 g/mol. The average Bonchev–Trinajstić information content (AvgIpc) is 2.86. The number of aromatic carboxylic acids is 1. The van der Waals surface area contributed by atoms with Gasteiger partial charge in [-0.25, -0.2) is 4.79 Å². The Morgan fingerprint density at radius 3 is 2.94 bits per heavy atom. The Hall–Kier alpha value is -1.40. The van der Waals surface area contributed by atoms with Gasteiger partial charge < -0.3 is 19.7 Å². The lowest BCUT2D eigenvalue weighted by Crippen LogP contribution is -2.36. The normalized spacial score (nSPS) is 18.7. The minimum Gasteiger partial charge on any atom is -0.476 e. The maximum Gasteiger partial charge on any atom is 0.358 e. The highest BCUT2D eigenvalue weighted by Gasteiger charge is 2.20. The van der Waals surface area contributed by atoms with Crippen molar-refractivity contribution in [3.63, 3.8) is 0 Å². The van der Waals surface area contributed by atoms with Crippen molar-refractivity contribution in [2.45, 2.75) is 32.4 Å². The summed E-state index contributed by atoms with van der Waals surface area (Å²) in [5.41, 5.74) is -0.0504. The quantitative estimate of drug-likeness (QED) is 0.823. The molecule has 0 aliphatic carbocycles. The molecule has 0 radical (unpaired) electrons. The van der Waals surface area contributed by atoms with Crippen LogP contribution in [0.15, 0.2) is 10.6 Å². The van der Waals surface area contributed by atoms with E-state index in [0.29, 0.717) is 24.3 Å². The molecule has 0 spiro atoms. The van der Waals surface area contributed by atoms with Crippen LogP contribution in [0.2, 0.25) is 0 Å². The van der Waals surface area contributed by atoms with Crippen molar-refractivity contribution in [3.8, 4) is 0 Å². The maximum absolute atomic E-state index is 10.6. The second-order valence-electron chi connectivity index (χ2n) is 4.60. The third-order valence-electron chi connectivity index (χ3n) is 3.35. The van der Waals surface area contributed by atoms with Crippen molar-refractivity contribution in [1.29, 1.82) is 0 Å². The Bertz CT molecular complexity index is 399. The molecule has 2 heterocycles. The third kappa shape index (κ3) is 3.30. The van der Waals surface area contributed by atoms with Crippen LogP contribution >= 0.6 is 0 Å². The number of carboxylic acid groups (broad SMARTS) is 1. The zero-order valence-electron chi connectivity index (χ0n) is 10.4. The van der Waals surface area contributed by atoms with E-state index in [1.165, 1.54) is 6.07 Å². The number of carboxylic acids is 1. The highest BCUT2D eigenvalue weighted by molar-refractivity contribution is 5.85. The number of nitrogens with one attached hydrogen (secondary N) is 1. The SMILES string of the molecule is CC(NCc1cc(C(=O)O)no1)C1CCOCC1. The standard InChI is InChI=1S/C12H18N2O4/c1-8(9-2-4-17-5-3-9)13-7-10-6-11(12(15)16)14-18-10/h6,8-9,13H,2-5,7H2,1H3,(H,15,16).